The fourth-order valence-corrected chi connectivity index (χ4v) is 4.66. The summed E-state index contributed by atoms with van der Waals surface area (Å²) in [6, 6.07) is 0. The highest BCUT2D eigenvalue weighted by molar-refractivity contribution is 5.25. The van der Waals surface area contributed by atoms with Crippen molar-refractivity contribution in [3.05, 3.63) is 23.3 Å². The Labute approximate surface area is 119 Å². The van der Waals surface area contributed by atoms with Crippen LogP contribution in [-0.2, 0) is 0 Å². The lowest BCUT2D eigenvalue weighted by Gasteiger charge is -2.43. The van der Waals surface area contributed by atoms with Gasteiger partial charge in [-0.2, -0.15) is 0 Å². The molecule has 0 aliphatic heterocycles. The average molecular weight is 258 g/mol. The Morgan fingerprint density at radius 1 is 0.579 bits per heavy atom. The molecular weight excluding hydrogens is 228 g/mol. The summed E-state index contributed by atoms with van der Waals surface area (Å²) in [6.45, 7) is 0. The molecular formula is C19H30. The zero-order valence-corrected chi connectivity index (χ0v) is 12.6. The Balaban J connectivity index is 1.75. The van der Waals surface area contributed by atoms with Gasteiger partial charge in [-0.05, 0) is 63.2 Å². The smallest absolute Gasteiger partial charge is 0.00850 e. The molecule has 0 radical (unpaired) electrons. The van der Waals surface area contributed by atoms with Gasteiger partial charge in [0.15, 0.2) is 0 Å². The summed E-state index contributed by atoms with van der Waals surface area (Å²) in [5.41, 5.74) is 4.20. The second kappa shape index (κ2) is 6.29. The van der Waals surface area contributed by atoms with Gasteiger partial charge >= 0.3 is 0 Å². The molecule has 0 saturated heterocycles. The van der Waals surface area contributed by atoms with E-state index >= 15 is 0 Å². The van der Waals surface area contributed by atoms with Crippen LogP contribution in [-0.4, -0.2) is 0 Å². The molecule has 3 fully saturated rings. The second-order valence-electron chi connectivity index (χ2n) is 7.13. The molecule has 3 saturated carbocycles. The molecule has 0 bridgehead atoms. The summed E-state index contributed by atoms with van der Waals surface area (Å²) < 4.78 is 0. The topological polar surface area (TPSA) is 0 Å². The maximum Gasteiger partial charge on any atom is -0.00850 e. The molecule has 0 aromatic heterocycles. The van der Waals surface area contributed by atoms with Crippen LogP contribution in [0.2, 0.25) is 0 Å². The molecule has 0 atom stereocenters. The monoisotopic (exact) mass is 258 g/mol. The normalized spacial score (nSPS) is 29.7. The fraction of sp³-hybridized carbons (Fsp3) is 0.789. The Hall–Kier alpha value is -0.520. The number of hydrogen-bond acceptors (Lipinski definition) is 0. The van der Waals surface area contributed by atoms with Gasteiger partial charge in [-0.25, -0.2) is 0 Å². The molecule has 1 spiro atoms. The van der Waals surface area contributed by atoms with Crippen molar-refractivity contribution in [3.8, 4) is 0 Å². The van der Waals surface area contributed by atoms with Crippen LogP contribution in [0.1, 0.15) is 89.9 Å². The van der Waals surface area contributed by atoms with Crippen LogP contribution >= 0.6 is 0 Å². The molecule has 3 aliphatic rings. The van der Waals surface area contributed by atoms with Gasteiger partial charge in [0.25, 0.3) is 0 Å². The molecule has 0 heterocycles. The minimum atomic E-state index is 0.641. The summed E-state index contributed by atoms with van der Waals surface area (Å²) in [4.78, 5) is 0. The fourth-order valence-electron chi connectivity index (χ4n) is 4.66. The van der Waals surface area contributed by atoms with Gasteiger partial charge in [0.1, 0.15) is 0 Å². The first kappa shape index (κ1) is 13.5. The maximum absolute atomic E-state index is 2.57. The van der Waals surface area contributed by atoms with Crippen molar-refractivity contribution in [2.24, 2.45) is 5.41 Å². The highest BCUT2D eigenvalue weighted by atomic mass is 14.4. The predicted octanol–water partition coefficient (Wildman–Crippen LogP) is 6.33. The van der Waals surface area contributed by atoms with Crippen LogP contribution in [0.5, 0.6) is 0 Å². The third kappa shape index (κ3) is 3.15. The number of rotatable bonds is 1. The summed E-state index contributed by atoms with van der Waals surface area (Å²) in [6.07, 6.45) is 25.4. The first-order valence-corrected chi connectivity index (χ1v) is 8.78. The molecule has 106 valence electrons. The standard InChI is InChI=1S/C19H30/c1-3-9-17(10-4-1)12-13-18-11-5-8-16-19(18)14-6-2-7-15-19/h12-13H,1-11,14-16H2/b18-13-. The number of allylic oxidation sites excluding steroid dienone is 4. The lowest BCUT2D eigenvalue weighted by Crippen LogP contribution is -2.29. The maximum atomic E-state index is 2.57. The Morgan fingerprint density at radius 2 is 1.16 bits per heavy atom. The van der Waals surface area contributed by atoms with E-state index in [9.17, 15) is 0 Å². The van der Waals surface area contributed by atoms with Crippen molar-refractivity contribution < 1.29 is 0 Å². The Morgan fingerprint density at radius 3 is 1.89 bits per heavy atom. The van der Waals surface area contributed by atoms with Crippen molar-refractivity contribution in [2.45, 2.75) is 89.9 Å². The predicted molar refractivity (Wildman–Crippen MR) is 83.2 cm³/mol. The first-order valence-electron chi connectivity index (χ1n) is 8.78. The van der Waals surface area contributed by atoms with Crippen molar-refractivity contribution in [2.75, 3.05) is 0 Å². The van der Waals surface area contributed by atoms with Crippen molar-refractivity contribution in [1.82, 2.24) is 0 Å². The van der Waals surface area contributed by atoms with E-state index < -0.39 is 0 Å². The largest absolute Gasteiger partial charge is 0.0702 e. The Kier molecular flexibility index (Phi) is 4.45. The third-order valence-electron chi connectivity index (χ3n) is 5.86. The van der Waals surface area contributed by atoms with Crippen LogP contribution in [0.3, 0.4) is 0 Å². The minimum absolute atomic E-state index is 0.641. The first-order chi connectivity index (χ1) is 9.39. The lowest BCUT2D eigenvalue weighted by molar-refractivity contribution is 0.189. The van der Waals surface area contributed by atoms with Crippen molar-refractivity contribution in [1.29, 1.82) is 0 Å². The molecule has 0 heteroatoms. The molecule has 0 unspecified atom stereocenters. The van der Waals surface area contributed by atoms with E-state index in [1.54, 1.807) is 5.57 Å². The highest BCUT2D eigenvalue weighted by Gasteiger charge is 2.36. The second-order valence-corrected chi connectivity index (χ2v) is 7.13. The van der Waals surface area contributed by atoms with Crippen molar-refractivity contribution in [3.63, 3.8) is 0 Å². The van der Waals surface area contributed by atoms with Crippen LogP contribution in [0.4, 0.5) is 0 Å². The summed E-state index contributed by atoms with van der Waals surface area (Å²) >= 11 is 0. The Bertz CT molecular complexity index is 336. The van der Waals surface area contributed by atoms with Crippen LogP contribution in [0.15, 0.2) is 23.3 Å². The van der Waals surface area contributed by atoms with E-state index in [0.29, 0.717) is 5.41 Å². The zero-order chi connectivity index (χ0) is 13.0. The van der Waals surface area contributed by atoms with Crippen molar-refractivity contribution >= 4 is 0 Å². The van der Waals surface area contributed by atoms with E-state index in [1.165, 1.54) is 89.9 Å². The van der Waals surface area contributed by atoms with Gasteiger partial charge in [0.05, 0.1) is 0 Å². The van der Waals surface area contributed by atoms with Gasteiger partial charge in [-0.15, -0.1) is 0 Å². The van der Waals surface area contributed by atoms with Crippen LogP contribution < -0.4 is 0 Å². The number of hydrogen-bond donors (Lipinski definition) is 0. The molecule has 0 aromatic carbocycles. The van der Waals surface area contributed by atoms with E-state index in [-0.39, 0.29) is 0 Å². The van der Waals surface area contributed by atoms with E-state index in [1.807, 2.05) is 5.57 Å². The third-order valence-corrected chi connectivity index (χ3v) is 5.86. The molecule has 0 N–H and O–H groups in total. The lowest BCUT2D eigenvalue weighted by atomic mass is 9.62. The minimum Gasteiger partial charge on any atom is -0.0702 e. The summed E-state index contributed by atoms with van der Waals surface area (Å²) in [5.74, 6) is 0. The summed E-state index contributed by atoms with van der Waals surface area (Å²) in [7, 11) is 0. The summed E-state index contributed by atoms with van der Waals surface area (Å²) in [5, 5.41) is 0. The quantitative estimate of drug-likeness (QED) is 0.515. The molecule has 0 amide bonds. The molecule has 19 heavy (non-hydrogen) atoms. The van der Waals surface area contributed by atoms with Gasteiger partial charge in [0.2, 0.25) is 0 Å². The van der Waals surface area contributed by atoms with Gasteiger partial charge in [-0.1, -0.05) is 55.4 Å². The van der Waals surface area contributed by atoms with Gasteiger partial charge in [0, 0.05) is 0 Å². The van der Waals surface area contributed by atoms with Crippen LogP contribution in [0, 0.1) is 5.41 Å². The molecule has 0 nitrogen and oxygen atoms in total. The SMILES string of the molecule is C(/C=C1/CCCCC12CCCCC2)=C1CCCCC1. The van der Waals surface area contributed by atoms with Gasteiger partial charge < -0.3 is 0 Å². The van der Waals surface area contributed by atoms with Gasteiger partial charge in [-0.3, -0.25) is 0 Å². The zero-order valence-electron chi connectivity index (χ0n) is 12.6. The van der Waals surface area contributed by atoms with E-state index in [2.05, 4.69) is 12.2 Å². The van der Waals surface area contributed by atoms with Crippen LogP contribution in [0.25, 0.3) is 0 Å². The molecule has 3 aliphatic carbocycles. The van der Waals surface area contributed by atoms with E-state index in [4.69, 9.17) is 0 Å². The molecule has 3 rings (SSSR count). The molecule has 0 aromatic rings. The van der Waals surface area contributed by atoms with E-state index in [0.717, 1.165) is 0 Å². The average Bonchev–Trinajstić information content (AvgIpc) is 2.48. The highest BCUT2D eigenvalue weighted by Crippen LogP contribution is 2.50.